The van der Waals surface area contributed by atoms with E-state index in [1.165, 1.54) is 33.5 Å². The highest BCUT2D eigenvalue weighted by Crippen LogP contribution is 2.31. The Hall–Kier alpha value is -1.96. The van der Waals surface area contributed by atoms with Crippen LogP contribution in [0.15, 0.2) is 30.3 Å². The third-order valence-electron chi connectivity index (χ3n) is 3.89. The predicted molar refractivity (Wildman–Crippen MR) is 90.4 cm³/mol. The second-order valence-electron chi connectivity index (χ2n) is 5.89. The van der Waals surface area contributed by atoms with Gasteiger partial charge in [-0.25, -0.2) is 0 Å². The minimum Gasteiger partial charge on any atom is -0.496 e. The van der Waals surface area contributed by atoms with Crippen molar-refractivity contribution in [2.24, 2.45) is 0 Å². The molecule has 0 aliphatic carbocycles. The molecule has 0 heterocycles. The predicted octanol–water partition coefficient (Wildman–Crippen LogP) is 5.10. The maximum absolute atomic E-state index is 5.50. The standard InChI is InChI=1S/C19H25NO/c1-12-7-8-18(21-6)17(11-12)16(5)20-19-14(3)9-13(2)10-15(19)4/h7-11,16,20H,1-6H3. The molecule has 0 saturated carbocycles. The van der Waals surface area contributed by atoms with Crippen molar-refractivity contribution >= 4 is 5.69 Å². The smallest absolute Gasteiger partial charge is 0.124 e. The zero-order valence-electron chi connectivity index (χ0n) is 13.9. The molecule has 2 aromatic carbocycles. The number of ether oxygens (including phenoxy) is 1. The Balaban J connectivity index is 2.34. The van der Waals surface area contributed by atoms with E-state index in [1.54, 1.807) is 7.11 Å². The Labute approximate surface area is 128 Å². The van der Waals surface area contributed by atoms with Gasteiger partial charge in [0.2, 0.25) is 0 Å². The second-order valence-corrected chi connectivity index (χ2v) is 5.89. The summed E-state index contributed by atoms with van der Waals surface area (Å²) in [5, 5.41) is 3.64. The Morgan fingerprint density at radius 1 is 0.905 bits per heavy atom. The van der Waals surface area contributed by atoms with Gasteiger partial charge in [-0.1, -0.05) is 35.4 Å². The van der Waals surface area contributed by atoms with Crippen molar-refractivity contribution in [2.45, 2.75) is 40.7 Å². The lowest BCUT2D eigenvalue weighted by Crippen LogP contribution is -2.10. The van der Waals surface area contributed by atoms with E-state index in [-0.39, 0.29) is 6.04 Å². The van der Waals surface area contributed by atoms with Crippen molar-refractivity contribution in [3.05, 3.63) is 58.1 Å². The molecule has 1 N–H and O–H groups in total. The van der Waals surface area contributed by atoms with Gasteiger partial charge in [-0.05, 0) is 51.8 Å². The maximum atomic E-state index is 5.50. The van der Waals surface area contributed by atoms with Gasteiger partial charge in [0.05, 0.1) is 13.2 Å². The summed E-state index contributed by atoms with van der Waals surface area (Å²) >= 11 is 0. The van der Waals surface area contributed by atoms with Gasteiger partial charge in [-0.2, -0.15) is 0 Å². The van der Waals surface area contributed by atoms with Crippen LogP contribution in [0.1, 0.15) is 40.8 Å². The average molecular weight is 283 g/mol. The van der Waals surface area contributed by atoms with E-state index in [0.717, 1.165) is 5.75 Å². The fourth-order valence-corrected chi connectivity index (χ4v) is 2.89. The molecular weight excluding hydrogens is 258 g/mol. The van der Waals surface area contributed by atoms with Gasteiger partial charge >= 0.3 is 0 Å². The average Bonchev–Trinajstić information content (AvgIpc) is 2.42. The van der Waals surface area contributed by atoms with E-state index in [0.29, 0.717) is 0 Å². The lowest BCUT2D eigenvalue weighted by molar-refractivity contribution is 0.408. The molecule has 0 spiro atoms. The number of aryl methyl sites for hydroxylation is 4. The molecule has 2 nitrogen and oxygen atoms in total. The summed E-state index contributed by atoms with van der Waals surface area (Å²) in [4.78, 5) is 0. The largest absolute Gasteiger partial charge is 0.496 e. The lowest BCUT2D eigenvalue weighted by Gasteiger charge is -2.22. The highest BCUT2D eigenvalue weighted by Gasteiger charge is 2.14. The first-order valence-electron chi connectivity index (χ1n) is 7.41. The van der Waals surface area contributed by atoms with E-state index in [2.05, 4.69) is 64.2 Å². The van der Waals surface area contributed by atoms with Gasteiger partial charge in [0, 0.05) is 11.3 Å². The summed E-state index contributed by atoms with van der Waals surface area (Å²) < 4.78 is 5.50. The molecule has 2 aromatic rings. The fraction of sp³-hybridized carbons (Fsp3) is 0.368. The zero-order chi connectivity index (χ0) is 15.6. The molecule has 1 atom stereocenters. The van der Waals surface area contributed by atoms with Crippen molar-refractivity contribution in [1.82, 2.24) is 0 Å². The molecule has 2 rings (SSSR count). The van der Waals surface area contributed by atoms with Crippen LogP contribution in [0.3, 0.4) is 0 Å². The first-order valence-corrected chi connectivity index (χ1v) is 7.41. The molecule has 0 radical (unpaired) electrons. The molecule has 1 unspecified atom stereocenters. The molecule has 0 fully saturated rings. The summed E-state index contributed by atoms with van der Waals surface area (Å²) in [7, 11) is 1.73. The monoisotopic (exact) mass is 283 g/mol. The van der Waals surface area contributed by atoms with Crippen LogP contribution in [0.5, 0.6) is 5.75 Å². The number of methoxy groups -OCH3 is 1. The second kappa shape index (κ2) is 6.21. The number of hydrogen-bond acceptors (Lipinski definition) is 2. The molecular formula is C19H25NO. The highest BCUT2D eigenvalue weighted by molar-refractivity contribution is 5.59. The summed E-state index contributed by atoms with van der Waals surface area (Å²) in [5.74, 6) is 0.933. The van der Waals surface area contributed by atoms with Crippen molar-refractivity contribution in [1.29, 1.82) is 0 Å². The van der Waals surface area contributed by atoms with Crippen LogP contribution in [0.2, 0.25) is 0 Å². The van der Waals surface area contributed by atoms with Crippen LogP contribution in [-0.4, -0.2) is 7.11 Å². The van der Waals surface area contributed by atoms with Gasteiger partial charge in [0.15, 0.2) is 0 Å². The highest BCUT2D eigenvalue weighted by atomic mass is 16.5. The third-order valence-corrected chi connectivity index (χ3v) is 3.89. The van der Waals surface area contributed by atoms with Crippen LogP contribution in [-0.2, 0) is 0 Å². The van der Waals surface area contributed by atoms with Crippen LogP contribution >= 0.6 is 0 Å². The summed E-state index contributed by atoms with van der Waals surface area (Å²) in [6, 6.07) is 10.9. The third kappa shape index (κ3) is 3.38. The fourth-order valence-electron chi connectivity index (χ4n) is 2.89. The minimum absolute atomic E-state index is 0.194. The summed E-state index contributed by atoms with van der Waals surface area (Å²) in [6.07, 6.45) is 0. The van der Waals surface area contributed by atoms with Gasteiger partial charge in [0.25, 0.3) is 0 Å². The van der Waals surface area contributed by atoms with Crippen LogP contribution in [0, 0.1) is 27.7 Å². The molecule has 0 aromatic heterocycles. The van der Waals surface area contributed by atoms with Gasteiger partial charge in [-0.3, -0.25) is 0 Å². The van der Waals surface area contributed by atoms with Gasteiger partial charge in [0.1, 0.15) is 5.75 Å². The van der Waals surface area contributed by atoms with Gasteiger partial charge < -0.3 is 10.1 Å². The molecule has 112 valence electrons. The Bertz CT molecular complexity index is 623. The SMILES string of the molecule is COc1ccc(C)cc1C(C)Nc1c(C)cc(C)cc1C. The van der Waals surface area contributed by atoms with Crippen molar-refractivity contribution < 1.29 is 4.74 Å². The Morgan fingerprint density at radius 3 is 2.10 bits per heavy atom. The van der Waals surface area contributed by atoms with Crippen LogP contribution in [0.25, 0.3) is 0 Å². The summed E-state index contributed by atoms with van der Waals surface area (Å²) in [6.45, 7) is 10.7. The Morgan fingerprint density at radius 2 is 1.52 bits per heavy atom. The summed E-state index contributed by atoms with van der Waals surface area (Å²) in [5.41, 5.74) is 7.53. The number of nitrogens with one attached hydrogen (secondary N) is 1. The van der Waals surface area contributed by atoms with Crippen molar-refractivity contribution in [2.75, 3.05) is 12.4 Å². The number of benzene rings is 2. The number of hydrogen-bond donors (Lipinski definition) is 1. The molecule has 0 amide bonds. The van der Waals surface area contributed by atoms with E-state index in [4.69, 9.17) is 4.74 Å². The topological polar surface area (TPSA) is 21.3 Å². The van der Waals surface area contributed by atoms with Crippen molar-refractivity contribution in [3.8, 4) is 5.75 Å². The number of anilines is 1. The zero-order valence-corrected chi connectivity index (χ0v) is 13.9. The Kier molecular flexibility index (Phi) is 4.56. The minimum atomic E-state index is 0.194. The molecule has 21 heavy (non-hydrogen) atoms. The molecule has 0 saturated heterocycles. The molecule has 0 aliphatic rings. The molecule has 2 heteroatoms. The molecule has 0 bridgehead atoms. The van der Waals surface area contributed by atoms with Crippen LogP contribution in [0.4, 0.5) is 5.69 Å². The van der Waals surface area contributed by atoms with E-state index >= 15 is 0 Å². The lowest BCUT2D eigenvalue weighted by atomic mass is 10.0. The normalized spacial score (nSPS) is 12.1. The van der Waals surface area contributed by atoms with Gasteiger partial charge in [-0.15, -0.1) is 0 Å². The van der Waals surface area contributed by atoms with Crippen molar-refractivity contribution in [3.63, 3.8) is 0 Å². The van der Waals surface area contributed by atoms with Crippen LogP contribution < -0.4 is 10.1 Å². The van der Waals surface area contributed by atoms with E-state index in [9.17, 15) is 0 Å². The number of rotatable bonds is 4. The van der Waals surface area contributed by atoms with E-state index in [1.807, 2.05) is 6.07 Å². The first kappa shape index (κ1) is 15.4. The quantitative estimate of drug-likeness (QED) is 0.842. The first-order chi connectivity index (χ1) is 9.92. The van der Waals surface area contributed by atoms with E-state index < -0.39 is 0 Å². The maximum Gasteiger partial charge on any atom is 0.124 e. The molecule has 0 aliphatic heterocycles.